The SMILES string of the molecule is COC(=O)OCc1c(-c2cc(F)ccc2F)cc(S(=O)(=O)c2ccc(Cl)cc2)nc1C. The van der Waals surface area contributed by atoms with Gasteiger partial charge in [0.25, 0.3) is 0 Å². The number of benzene rings is 2. The molecular weight excluding hydrogens is 452 g/mol. The van der Waals surface area contributed by atoms with E-state index in [4.69, 9.17) is 16.3 Å². The zero-order valence-corrected chi connectivity index (χ0v) is 17.9. The fraction of sp³-hybridized carbons (Fsp3) is 0.143. The number of ether oxygens (including phenoxy) is 2. The quantitative estimate of drug-likeness (QED) is 0.485. The van der Waals surface area contributed by atoms with Gasteiger partial charge >= 0.3 is 6.16 Å². The molecule has 0 spiro atoms. The molecule has 0 bridgehead atoms. The first-order valence-corrected chi connectivity index (χ1v) is 10.7. The molecule has 0 N–H and O–H groups in total. The van der Waals surface area contributed by atoms with Crippen LogP contribution in [0.4, 0.5) is 13.6 Å². The van der Waals surface area contributed by atoms with Crippen LogP contribution < -0.4 is 0 Å². The number of sulfone groups is 1. The van der Waals surface area contributed by atoms with Gasteiger partial charge in [0.2, 0.25) is 9.84 Å². The lowest BCUT2D eigenvalue weighted by molar-refractivity contribution is 0.0668. The number of carbonyl (C=O) groups is 1. The van der Waals surface area contributed by atoms with Crippen LogP contribution in [0.1, 0.15) is 11.3 Å². The van der Waals surface area contributed by atoms with E-state index in [0.29, 0.717) is 5.02 Å². The van der Waals surface area contributed by atoms with E-state index in [1.165, 1.54) is 31.2 Å². The van der Waals surface area contributed by atoms with Crippen LogP contribution in [-0.2, 0) is 25.9 Å². The van der Waals surface area contributed by atoms with Crippen LogP contribution in [0, 0.1) is 18.6 Å². The van der Waals surface area contributed by atoms with Gasteiger partial charge in [0.1, 0.15) is 18.2 Å². The van der Waals surface area contributed by atoms with E-state index in [-0.39, 0.29) is 32.3 Å². The Morgan fingerprint density at radius 3 is 2.39 bits per heavy atom. The summed E-state index contributed by atoms with van der Waals surface area (Å²) in [6, 6.07) is 9.33. The van der Waals surface area contributed by atoms with Crippen molar-refractivity contribution in [3.05, 3.63) is 76.4 Å². The number of pyridine rings is 1. The molecule has 2 aromatic carbocycles. The smallest absolute Gasteiger partial charge is 0.438 e. The molecule has 0 amide bonds. The molecule has 0 aliphatic heterocycles. The molecule has 3 rings (SSSR count). The van der Waals surface area contributed by atoms with Crippen molar-refractivity contribution < 1.29 is 31.5 Å². The summed E-state index contributed by atoms with van der Waals surface area (Å²) in [5.41, 5.74) is 0.157. The number of halogens is 3. The molecule has 0 saturated heterocycles. The molecule has 0 atom stereocenters. The molecule has 3 aromatic rings. The molecule has 0 fully saturated rings. The Hall–Kier alpha value is -3.04. The molecule has 1 heterocycles. The Morgan fingerprint density at radius 2 is 1.74 bits per heavy atom. The third kappa shape index (κ3) is 4.83. The largest absolute Gasteiger partial charge is 0.508 e. The van der Waals surface area contributed by atoms with Crippen LogP contribution in [-0.4, -0.2) is 26.7 Å². The summed E-state index contributed by atoms with van der Waals surface area (Å²) in [5, 5.41) is -0.0336. The van der Waals surface area contributed by atoms with E-state index < -0.39 is 34.2 Å². The molecule has 0 aliphatic rings. The van der Waals surface area contributed by atoms with Gasteiger partial charge in [-0.2, -0.15) is 0 Å². The number of rotatable bonds is 5. The number of hydrogen-bond acceptors (Lipinski definition) is 6. The molecule has 0 radical (unpaired) electrons. The number of aryl methyl sites for hydroxylation is 1. The van der Waals surface area contributed by atoms with Crippen LogP contribution in [0.3, 0.4) is 0 Å². The summed E-state index contributed by atoms with van der Waals surface area (Å²) in [4.78, 5) is 15.4. The first kappa shape index (κ1) is 22.6. The molecule has 31 heavy (non-hydrogen) atoms. The maximum atomic E-state index is 14.5. The number of aromatic nitrogens is 1. The first-order chi connectivity index (χ1) is 14.6. The highest BCUT2D eigenvalue weighted by Crippen LogP contribution is 2.33. The van der Waals surface area contributed by atoms with Crippen LogP contribution in [0.2, 0.25) is 5.02 Å². The highest BCUT2D eigenvalue weighted by atomic mass is 35.5. The van der Waals surface area contributed by atoms with E-state index in [1.54, 1.807) is 0 Å². The highest BCUT2D eigenvalue weighted by Gasteiger charge is 2.24. The van der Waals surface area contributed by atoms with Gasteiger partial charge in [0.15, 0.2) is 5.03 Å². The van der Waals surface area contributed by atoms with Gasteiger partial charge < -0.3 is 9.47 Å². The molecule has 0 aliphatic carbocycles. The fourth-order valence-corrected chi connectivity index (χ4v) is 4.25. The van der Waals surface area contributed by atoms with E-state index in [0.717, 1.165) is 31.4 Å². The van der Waals surface area contributed by atoms with E-state index in [1.807, 2.05) is 0 Å². The Bertz CT molecular complexity index is 1250. The predicted octanol–water partition coefficient (Wildman–Crippen LogP) is 5.10. The van der Waals surface area contributed by atoms with Crippen molar-refractivity contribution in [2.45, 2.75) is 23.5 Å². The molecular formula is C21H16ClF2NO5S. The van der Waals surface area contributed by atoms with Crippen LogP contribution in [0.25, 0.3) is 11.1 Å². The summed E-state index contributed by atoms with van der Waals surface area (Å²) in [7, 11) is -2.99. The molecule has 1 aromatic heterocycles. The number of hydrogen-bond donors (Lipinski definition) is 0. The lowest BCUT2D eigenvalue weighted by Crippen LogP contribution is -2.11. The molecule has 10 heteroatoms. The van der Waals surface area contributed by atoms with Gasteiger partial charge in [-0.3, -0.25) is 0 Å². The van der Waals surface area contributed by atoms with Crippen molar-refractivity contribution in [3.8, 4) is 11.1 Å². The Kier molecular flexibility index (Phi) is 6.56. The van der Waals surface area contributed by atoms with Crippen LogP contribution in [0.5, 0.6) is 0 Å². The van der Waals surface area contributed by atoms with Gasteiger partial charge in [0, 0.05) is 21.8 Å². The molecule has 0 unspecified atom stereocenters. The minimum absolute atomic E-state index is 0.0148. The van der Waals surface area contributed by atoms with Gasteiger partial charge in [-0.05, 0) is 61.0 Å². The standard InChI is InChI=1S/C21H16ClF2NO5S/c1-12-18(11-30-21(26)29-2)16(17-9-14(23)5-8-19(17)24)10-20(25-12)31(27,28)15-6-3-13(22)4-7-15/h3-10H,11H2,1-2H3. The van der Waals surface area contributed by atoms with E-state index in [2.05, 4.69) is 9.72 Å². The summed E-state index contributed by atoms with van der Waals surface area (Å²) in [5.74, 6) is -1.52. The van der Waals surface area contributed by atoms with E-state index >= 15 is 0 Å². The predicted molar refractivity (Wildman–Crippen MR) is 108 cm³/mol. The second kappa shape index (κ2) is 8.99. The number of methoxy groups -OCH3 is 1. The fourth-order valence-electron chi connectivity index (χ4n) is 2.86. The zero-order chi connectivity index (χ0) is 22.8. The second-order valence-electron chi connectivity index (χ2n) is 6.40. The Balaban J connectivity index is 2.22. The van der Waals surface area contributed by atoms with Crippen molar-refractivity contribution >= 4 is 27.6 Å². The van der Waals surface area contributed by atoms with Crippen molar-refractivity contribution in [3.63, 3.8) is 0 Å². The van der Waals surface area contributed by atoms with Crippen molar-refractivity contribution in [2.24, 2.45) is 0 Å². The maximum absolute atomic E-state index is 14.5. The lowest BCUT2D eigenvalue weighted by Gasteiger charge is -2.16. The second-order valence-corrected chi connectivity index (χ2v) is 8.73. The van der Waals surface area contributed by atoms with Crippen molar-refractivity contribution in [1.82, 2.24) is 4.98 Å². The minimum Gasteiger partial charge on any atom is -0.438 e. The van der Waals surface area contributed by atoms with Gasteiger partial charge in [-0.25, -0.2) is 27.0 Å². The maximum Gasteiger partial charge on any atom is 0.508 e. The number of nitrogens with zero attached hydrogens (tertiary/aromatic N) is 1. The average molecular weight is 468 g/mol. The highest BCUT2D eigenvalue weighted by molar-refractivity contribution is 7.91. The number of carbonyl (C=O) groups excluding carboxylic acids is 1. The molecule has 0 saturated carbocycles. The monoisotopic (exact) mass is 467 g/mol. The Labute approximate surface area is 182 Å². The van der Waals surface area contributed by atoms with Gasteiger partial charge in [-0.15, -0.1) is 0 Å². The summed E-state index contributed by atoms with van der Waals surface area (Å²) < 4.78 is 63.9. The molecule has 6 nitrogen and oxygen atoms in total. The topological polar surface area (TPSA) is 82.6 Å². The Morgan fingerprint density at radius 1 is 1.06 bits per heavy atom. The summed E-state index contributed by atoms with van der Waals surface area (Å²) in [6.07, 6.45) is -0.997. The minimum atomic E-state index is -4.10. The normalized spacial score (nSPS) is 11.3. The van der Waals surface area contributed by atoms with Crippen LogP contribution >= 0.6 is 11.6 Å². The van der Waals surface area contributed by atoms with Gasteiger partial charge in [0.05, 0.1) is 12.0 Å². The zero-order valence-electron chi connectivity index (χ0n) is 16.4. The summed E-state index contributed by atoms with van der Waals surface area (Å²) >= 11 is 5.82. The third-order valence-electron chi connectivity index (χ3n) is 4.43. The third-order valence-corrected chi connectivity index (χ3v) is 6.33. The summed E-state index contributed by atoms with van der Waals surface area (Å²) in [6.45, 7) is 1.08. The van der Waals surface area contributed by atoms with Crippen molar-refractivity contribution in [1.29, 1.82) is 0 Å². The average Bonchev–Trinajstić information content (AvgIpc) is 2.74. The van der Waals surface area contributed by atoms with E-state index in [9.17, 15) is 22.0 Å². The lowest BCUT2D eigenvalue weighted by atomic mass is 9.99. The first-order valence-electron chi connectivity index (χ1n) is 8.81. The molecule has 162 valence electrons. The van der Waals surface area contributed by atoms with Crippen molar-refractivity contribution in [2.75, 3.05) is 7.11 Å². The van der Waals surface area contributed by atoms with Crippen LogP contribution in [0.15, 0.2) is 58.5 Å². The van der Waals surface area contributed by atoms with Gasteiger partial charge in [-0.1, -0.05) is 11.6 Å².